The van der Waals surface area contributed by atoms with Crippen LogP contribution in [0.2, 0.25) is 5.02 Å². The maximum atomic E-state index is 13.9. The molecule has 7 heteroatoms. The van der Waals surface area contributed by atoms with Gasteiger partial charge in [0.05, 0.1) is 10.4 Å². The van der Waals surface area contributed by atoms with Crippen LogP contribution in [-0.4, -0.2) is 11.1 Å². The third kappa shape index (κ3) is 3.37. The smallest absolute Gasteiger partial charge is 0.309 e. The van der Waals surface area contributed by atoms with Gasteiger partial charge in [-0.05, 0) is 26.0 Å². The van der Waals surface area contributed by atoms with Crippen LogP contribution in [0.4, 0.5) is 17.6 Å². The van der Waals surface area contributed by atoms with E-state index in [9.17, 15) is 22.4 Å². The van der Waals surface area contributed by atoms with Crippen LogP contribution in [0.3, 0.4) is 0 Å². The third-order valence-electron chi connectivity index (χ3n) is 2.65. The second-order valence-corrected chi connectivity index (χ2v) is 5.22. The number of rotatable bonds is 4. The molecule has 1 aromatic carbocycles. The summed E-state index contributed by atoms with van der Waals surface area (Å²) in [5.74, 6) is -7.92. The Bertz CT molecular complexity index is 515. The van der Waals surface area contributed by atoms with Crippen molar-refractivity contribution in [2.24, 2.45) is 5.41 Å². The third-order valence-corrected chi connectivity index (χ3v) is 2.96. The average Bonchev–Trinajstić information content (AvgIpc) is 2.21. The zero-order valence-electron chi connectivity index (χ0n) is 10.1. The molecule has 0 atom stereocenters. The first-order valence-electron chi connectivity index (χ1n) is 5.23. The van der Waals surface area contributed by atoms with Gasteiger partial charge in [-0.1, -0.05) is 11.6 Å². The number of benzene rings is 1. The largest absolute Gasteiger partial charge is 0.481 e. The van der Waals surface area contributed by atoms with Gasteiger partial charge < -0.3 is 5.11 Å². The maximum Gasteiger partial charge on any atom is 0.309 e. The summed E-state index contributed by atoms with van der Waals surface area (Å²) in [6.07, 6.45) is -1.08. The number of hydrogen-bond donors (Lipinski definition) is 1. The molecule has 0 saturated carbocycles. The van der Waals surface area contributed by atoms with Gasteiger partial charge in [0.2, 0.25) is 0 Å². The van der Waals surface area contributed by atoms with Gasteiger partial charge in [0.15, 0.2) is 11.6 Å². The van der Waals surface area contributed by atoms with Crippen molar-refractivity contribution in [3.8, 4) is 0 Å². The molecule has 0 aliphatic rings. The second kappa shape index (κ2) is 5.00. The lowest BCUT2D eigenvalue weighted by Crippen LogP contribution is -2.31. The quantitative estimate of drug-likeness (QED) is 0.668. The van der Waals surface area contributed by atoms with Gasteiger partial charge in [0, 0.05) is 12.0 Å². The summed E-state index contributed by atoms with van der Waals surface area (Å²) in [5.41, 5.74) is -2.67. The van der Waals surface area contributed by atoms with Crippen LogP contribution in [0.15, 0.2) is 12.1 Å². The van der Waals surface area contributed by atoms with Gasteiger partial charge >= 0.3 is 5.97 Å². The van der Waals surface area contributed by atoms with Crippen LogP contribution in [-0.2, 0) is 10.7 Å². The number of halogens is 5. The van der Waals surface area contributed by atoms with E-state index in [-0.39, 0.29) is 6.07 Å². The highest BCUT2D eigenvalue weighted by molar-refractivity contribution is 6.31. The first-order valence-corrected chi connectivity index (χ1v) is 5.61. The Labute approximate surface area is 112 Å². The number of carboxylic acids is 1. The molecule has 0 spiro atoms. The fraction of sp³-hybridized carbons (Fsp3) is 0.417. The van der Waals surface area contributed by atoms with Gasteiger partial charge in [-0.2, -0.15) is 0 Å². The van der Waals surface area contributed by atoms with E-state index in [1.165, 1.54) is 0 Å². The highest BCUT2D eigenvalue weighted by atomic mass is 35.5. The molecule has 2 nitrogen and oxygen atoms in total. The minimum absolute atomic E-state index is 0.287. The molecule has 1 N–H and O–H groups in total. The monoisotopic (exact) mass is 298 g/mol. The van der Waals surface area contributed by atoms with Crippen LogP contribution in [0, 0.1) is 17.0 Å². The highest BCUT2D eigenvalue weighted by Crippen LogP contribution is 2.43. The Hall–Kier alpha value is -1.30. The summed E-state index contributed by atoms with van der Waals surface area (Å²) in [4.78, 5) is 10.8. The molecule has 1 aromatic rings. The molecule has 0 bridgehead atoms. The maximum absolute atomic E-state index is 13.9. The fourth-order valence-corrected chi connectivity index (χ4v) is 1.82. The Morgan fingerprint density at radius 2 is 1.74 bits per heavy atom. The van der Waals surface area contributed by atoms with E-state index in [0.717, 1.165) is 13.8 Å². The summed E-state index contributed by atoms with van der Waals surface area (Å²) in [6, 6.07) is 0.726. The van der Waals surface area contributed by atoms with Gasteiger partial charge in [-0.3, -0.25) is 4.79 Å². The molecule has 0 amide bonds. The summed E-state index contributed by atoms with van der Waals surface area (Å²) in [5, 5.41) is 8.17. The zero-order valence-corrected chi connectivity index (χ0v) is 10.9. The van der Waals surface area contributed by atoms with E-state index in [1.54, 1.807) is 0 Å². The normalized spacial score (nSPS) is 12.6. The van der Waals surface area contributed by atoms with E-state index >= 15 is 0 Å². The molecule has 0 unspecified atom stereocenters. The average molecular weight is 299 g/mol. The van der Waals surface area contributed by atoms with Crippen LogP contribution in [0.5, 0.6) is 0 Å². The van der Waals surface area contributed by atoms with Crippen molar-refractivity contribution in [1.29, 1.82) is 0 Å². The van der Waals surface area contributed by atoms with E-state index in [1.807, 2.05) is 0 Å². The lowest BCUT2D eigenvalue weighted by atomic mass is 9.84. The van der Waals surface area contributed by atoms with E-state index < -0.39 is 45.9 Å². The van der Waals surface area contributed by atoms with E-state index in [0.29, 0.717) is 6.07 Å². The lowest BCUT2D eigenvalue weighted by Gasteiger charge is -2.26. The van der Waals surface area contributed by atoms with Crippen molar-refractivity contribution in [3.63, 3.8) is 0 Å². The van der Waals surface area contributed by atoms with Crippen molar-refractivity contribution < 1.29 is 27.5 Å². The van der Waals surface area contributed by atoms with Crippen molar-refractivity contribution in [1.82, 2.24) is 0 Å². The zero-order chi connectivity index (χ0) is 15.0. The molecule has 106 valence electrons. The topological polar surface area (TPSA) is 37.3 Å². The highest BCUT2D eigenvalue weighted by Gasteiger charge is 2.43. The first kappa shape index (κ1) is 15.8. The van der Waals surface area contributed by atoms with Crippen LogP contribution < -0.4 is 0 Å². The molecule has 0 aliphatic heterocycles. The summed E-state index contributed by atoms with van der Waals surface area (Å²) < 4.78 is 53.7. The molecule has 0 heterocycles. The standard InChI is InChI=1S/C12H11ClF4O2/c1-11(2,10(18)19)5-12(16,17)6-3-8(14)9(15)4-7(6)13/h3-4H,5H2,1-2H3,(H,18,19). The Morgan fingerprint density at radius 1 is 1.26 bits per heavy atom. The molecule has 0 aliphatic carbocycles. The van der Waals surface area contributed by atoms with Crippen LogP contribution >= 0.6 is 11.6 Å². The predicted octanol–water partition coefficient (Wildman–Crippen LogP) is 4.21. The molecule has 0 saturated heterocycles. The molecule has 0 radical (unpaired) electrons. The molecule has 19 heavy (non-hydrogen) atoms. The van der Waals surface area contributed by atoms with Crippen LogP contribution in [0.1, 0.15) is 25.8 Å². The van der Waals surface area contributed by atoms with Crippen molar-refractivity contribution >= 4 is 17.6 Å². The summed E-state index contributed by atoms with van der Waals surface area (Å²) >= 11 is 5.46. The number of carboxylic acid groups (broad SMARTS) is 1. The minimum atomic E-state index is -3.69. The molecular formula is C12H11ClF4O2. The van der Waals surface area contributed by atoms with Gasteiger partial charge in [0.25, 0.3) is 5.92 Å². The number of carbonyl (C=O) groups is 1. The Balaban J connectivity index is 3.21. The minimum Gasteiger partial charge on any atom is -0.481 e. The second-order valence-electron chi connectivity index (χ2n) is 4.82. The Kier molecular flexibility index (Phi) is 4.14. The van der Waals surface area contributed by atoms with E-state index in [4.69, 9.17) is 16.7 Å². The predicted molar refractivity (Wildman–Crippen MR) is 61.3 cm³/mol. The number of alkyl halides is 2. The number of hydrogen-bond acceptors (Lipinski definition) is 1. The van der Waals surface area contributed by atoms with Gasteiger partial charge in [-0.15, -0.1) is 0 Å². The fourth-order valence-electron chi connectivity index (χ4n) is 1.53. The number of aliphatic carboxylic acids is 1. The van der Waals surface area contributed by atoms with Gasteiger partial charge in [0.1, 0.15) is 0 Å². The molecule has 1 rings (SSSR count). The SMILES string of the molecule is CC(C)(CC(F)(F)c1cc(F)c(F)cc1Cl)C(=O)O. The molecular weight excluding hydrogens is 288 g/mol. The van der Waals surface area contributed by atoms with E-state index in [2.05, 4.69) is 0 Å². The van der Waals surface area contributed by atoms with Crippen molar-refractivity contribution in [3.05, 3.63) is 34.4 Å². The Morgan fingerprint density at radius 3 is 2.21 bits per heavy atom. The molecule has 0 aromatic heterocycles. The van der Waals surface area contributed by atoms with Gasteiger partial charge in [-0.25, -0.2) is 17.6 Å². The summed E-state index contributed by atoms with van der Waals surface area (Å²) in [6.45, 7) is 2.22. The van der Waals surface area contributed by atoms with Crippen molar-refractivity contribution in [2.45, 2.75) is 26.2 Å². The molecule has 0 fully saturated rings. The summed E-state index contributed by atoms with van der Waals surface area (Å²) in [7, 11) is 0. The lowest BCUT2D eigenvalue weighted by molar-refractivity contribution is -0.153. The first-order chi connectivity index (χ1) is 8.47. The van der Waals surface area contributed by atoms with Crippen molar-refractivity contribution in [2.75, 3.05) is 0 Å². The van der Waals surface area contributed by atoms with Crippen LogP contribution in [0.25, 0.3) is 0 Å².